The molecule has 0 aliphatic heterocycles. The SMILES string of the molecule is CCC(CC)C(C)NC(=NCCOC)NN. The number of hydrogen-bond acceptors (Lipinski definition) is 3. The quantitative estimate of drug-likeness (QED) is 0.199. The van der Waals surface area contributed by atoms with Gasteiger partial charge in [-0.15, -0.1) is 0 Å². The summed E-state index contributed by atoms with van der Waals surface area (Å²) in [6.45, 7) is 7.76. The number of methoxy groups -OCH3 is 1. The lowest BCUT2D eigenvalue weighted by Crippen LogP contribution is -2.47. The number of nitrogens with zero attached hydrogens (tertiary/aromatic N) is 1. The molecule has 96 valence electrons. The Morgan fingerprint density at radius 1 is 1.38 bits per heavy atom. The number of aliphatic imine (C=N–C) groups is 1. The predicted octanol–water partition coefficient (Wildman–Crippen LogP) is 0.866. The Morgan fingerprint density at radius 2 is 2.00 bits per heavy atom. The number of guanidine groups is 1. The summed E-state index contributed by atoms with van der Waals surface area (Å²) in [5.41, 5.74) is 2.58. The van der Waals surface area contributed by atoms with Gasteiger partial charge in [-0.1, -0.05) is 26.7 Å². The Labute approximate surface area is 98.8 Å². The van der Waals surface area contributed by atoms with Crippen LogP contribution < -0.4 is 16.6 Å². The molecular weight excluding hydrogens is 204 g/mol. The molecule has 0 aliphatic rings. The number of ether oxygens (including phenoxy) is 1. The molecule has 0 saturated heterocycles. The van der Waals surface area contributed by atoms with Crippen molar-refractivity contribution >= 4 is 5.96 Å². The first kappa shape index (κ1) is 15.2. The van der Waals surface area contributed by atoms with Gasteiger partial charge in [0.25, 0.3) is 0 Å². The maximum atomic E-state index is 5.40. The molecule has 0 fully saturated rings. The monoisotopic (exact) mass is 230 g/mol. The Morgan fingerprint density at radius 3 is 2.44 bits per heavy atom. The van der Waals surface area contributed by atoms with Gasteiger partial charge in [-0.25, -0.2) is 10.8 Å². The van der Waals surface area contributed by atoms with Gasteiger partial charge in [-0.2, -0.15) is 0 Å². The topological polar surface area (TPSA) is 71.7 Å². The molecule has 16 heavy (non-hydrogen) atoms. The van der Waals surface area contributed by atoms with Crippen LogP contribution >= 0.6 is 0 Å². The molecule has 0 amide bonds. The molecule has 0 aromatic heterocycles. The minimum absolute atomic E-state index is 0.368. The van der Waals surface area contributed by atoms with E-state index in [2.05, 4.69) is 36.5 Å². The molecule has 0 saturated carbocycles. The number of nitrogens with one attached hydrogen (secondary N) is 2. The van der Waals surface area contributed by atoms with Gasteiger partial charge in [0.05, 0.1) is 13.2 Å². The second-order valence-electron chi connectivity index (χ2n) is 3.88. The van der Waals surface area contributed by atoms with E-state index in [-0.39, 0.29) is 0 Å². The van der Waals surface area contributed by atoms with Crippen LogP contribution in [0.25, 0.3) is 0 Å². The second kappa shape index (κ2) is 9.42. The third-order valence-electron chi connectivity index (χ3n) is 2.82. The van der Waals surface area contributed by atoms with Crippen molar-refractivity contribution in [2.24, 2.45) is 16.8 Å². The lowest BCUT2D eigenvalue weighted by atomic mass is 9.96. The fraction of sp³-hybridized carbons (Fsp3) is 0.909. The van der Waals surface area contributed by atoms with E-state index in [9.17, 15) is 0 Å². The van der Waals surface area contributed by atoms with Crippen LogP contribution in [0.2, 0.25) is 0 Å². The molecule has 5 heteroatoms. The minimum atomic E-state index is 0.368. The maximum absolute atomic E-state index is 5.40. The van der Waals surface area contributed by atoms with Gasteiger partial charge in [0.15, 0.2) is 0 Å². The van der Waals surface area contributed by atoms with Crippen molar-refractivity contribution in [1.29, 1.82) is 0 Å². The van der Waals surface area contributed by atoms with E-state index in [0.717, 1.165) is 12.8 Å². The summed E-state index contributed by atoms with van der Waals surface area (Å²) in [5, 5.41) is 3.29. The minimum Gasteiger partial charge on any atom is -0.383 e. The molecule has 4 N–H and O–H groups in total. The van der Waals surface area contributed by atoms with E-state index < -0.39 is 0 Å². The molecule has 0 bridgehead atoms. The van der Waals surface area contributed by atoms with Crippen LogP contribution in [0.4, 0.5) is 0 Å². The van der Waals surface area contributed by atoms with Crippen LogP contribution in [-0.2, 0) is 4.74 Å². The molecule has 0 aliphatic carbocycles. The van der Waals surface area contributed by atoms with Crippen LogP contribution in [-0.4, -0.2) is 32.3 Å². The maximum Gasteiger partial charge on any atom is 0.206 e. The van der Waals surface area contributed by atoms with Gasteiger partial charge in [0.1, 0.15) is 0 Å². The molecule has 0 aromatic carbocycles. The Balaban J connectivity index is 4.13. The highest BCUT2D eigenvalue weighted by Gasteiger charge is 2.14. The zero-order valence-corrected chi connectivity index (χ0v) is 10.9. The predicted molar refractivity (Wildman–Crippen MR) is 68.2 cm³/mol. The van der Waals surface area contributed by atoms with Crippen LogP contribution in [0, 0.1) is 5.92 Å². The zero-order chi connectivity index (χ0) is 12.4. The molecule has 1 atom stereocenters. The molecule has 0 spiro atoms. The van der Waals surface area contributed by atoms with Crippen molar-refractivity contribution in [2.75, 3.05) is 20.3 Å². The zero-order valence-electron chi connectivity index (χ0n) is 10.9. The van der Waals surface area contributed by atoms with Crippen molar-refractivity contribution in [3.8, 4) is 0 Å². The Hall–Kier alpha value is -0.810. The lowest BCUT2D eigenvalue weighted by molar-refractivity contribution is 0.207. The van der Waals surface area contributed by atoms with Crippen molar-refractivity contribution in [2.45, 2.75) is 39.7 Å². The summed E-state index contributed by atoms with van der Waals surface area (Å²) in [6.07, 6.45) is 2.31. The van der Waals surface area contributed by atoms with Crippen molar-refractivity contribution in [3.63, 3.8) is 0 Å². The van der Waals surface area contributed by atoms with Crippen LogP contribution in [0.5, 0.6) is 0 Å². The van der Waals surface area contributed by atoms with E-state index in [1.807, 2.05) is 0 Å². The summed E-state index contributed by atoms with van der Waals surface area (Å²) in [6, 6.07) is 0.368. The highest BCUT2D eigenvalue weighted by molar-refractivity contribution is 5.79. The number of rotatable bonds is 7. The molecule has 0 aromatic rings. The summed E-state index contributed by atoms with van der Waals surface area (Å²) in [7, 11) is 1.66. The van der Waals surface area contributed by atoms with E-state index in [1.165, 1.54) is 0 Å². The average Bonchev–Trinajstić information content (AvgIpc) is 2.29. The van der Waals surface area contributed by atoms with Crippen molar-refractivity contribution in [1.82, 2.24) is 10.7 Å². The summed E-state index contributed by atoms with van der Waals surface area (Å²) >= 11 is 0. The van der Waals surface area contributed by atoms with Crippen LogP contribution in [0.15, 0.2) is 4.99 Å². The summed E-state index contributed by atoms with van der Waals surface area (Å²) < 4.78 is 4.93. The Bertz CT molecular complexity index is 192. The molecule has 1 unspecified atom stereocenters. The van der Waals surface area contributed by atoms with Crippen LogP contribution in [0.1, 0.15) is 33.6 Å². The van der Waals surface area contributed by atoms with Gasteiger partial charge in [-0.05, 0) is 12.8 Å². The first-order valence-electron chi connectivity index (χ1n) is 5.96. The molecule has 0 radical (unpaired) electrons. The standard InChI is InChI=1S/C11H26N4O/c1-5-10(6-2)9(3)14-11(15-12)13-7-8-16-4/h9-10H,5-8,12H2,1-4H3,(H2,13,14,15). The van der Waals surface area contributed by atoms with E-state index in [4.69, 9.17) is 10.6 Å². The second-order valence-corrected chi connectivity index (χ2v) is 3.88. The summed E-state index contributed by atoms with van der Waals surface area (Å²) in [4.78, 5) is 4.27. The Kier molecular flexibility index (Phi) is 8.94. The normalized spacial score (nSPS) is 14.0. The lowest BCUT2D eigenvalue weighted by Gasteiger charge is -2.23. The molecule has 0 rings (SSSR count). The first-order chi connectivity index (χ1) is 7.69. The third-order valence-corrected chi connectivity index (χ3v) is 2.82. The van der Waals surface area contributed by atoms with E-state index in [0.29, 0.717) is 31.1 Å². The fourth-order valence-corrected chi connectivity index (χ4v) is 1.71. The number of nitrogens with two attached hydrogens (primary N) is 1. The van der Waals surface area contributed by atoms with Gasteiger partial charge in [-0.3, -0.25) is 5.43 Å². The van der Waals surface area contributed by atoms with Gasteiger partial charge < -0.3 is 10.1 Å². The molecule has 5 nitrogen and oxygen atoms in total. The largest absolute Gasteiger partial charge is 0.383 e. The van der Waals surface area contributed by atoms with Gasteiger partial charge in [0.2, 0.25) is 5.96 Å². The average molecular weight is 230 g/mol. The number of hydrogen-bond donors (Lipinski definition) is 3. The fourth-order valence-electron chi connectivity index (χ4n) is 1.71. The highest BCUT2D eigenvalue weighted by Crippen LogP contribution is 2.12. The van der Waals surface area contributed by atoms with Crippen LogP contribution in [0.3, 0.4) is 0 Å². The van der Waals surface area contributed by atoms with E-state index >= 15 is 0 Å². The van der Waals surface area contributed by atoms with E-state index in [1.54, 1.807) is 7.11 Å². The molecule has 0 heterocycles. The third kappa shape index (κ3) is 5.92. The number of hydrazine groups is 1. The van der Waals surface area contributed by atoms with Crippen molar-refractivity contribution in [3.05, 3.63) is 0 Å². The van der Waals surface area contributed by atoms with Gasteiger partial charge >= 0.3 is 0 Å². The molecular formula is C11H26N4O. The highest BCUT2D eigenvalue weighted by atomic mass is 16.5. The van der Waals surface area contributed by atoms with Gasteiger partial charge in [0, 0.05) is 13.2 Å². The first-order valence-corrected chi connectivity index (χ1v) is 5.96. The van der Waals surface area contributed by atoms with Crippen molar-refractivity contribution < 1.29 is 4.74 Å². The smallest absolute Gasteiger partial charge is 0.206 e. The summed E-state index contributed by atoms with van der Waals surface area (Å²) in [5.74, 6) is 6.68.